The standard InChI is InChI=1S/C12H12N4/c1-16-8-11(7-14)12(15-16)10-4-2-9(6-13)3-5-10/h2-5,8H,7,14H2,1H3. The molecule has 0 radical (unpaired) electrons. The van der Waals surface area contributed by atoms with Crippen LogP contribution in [0.5, 0.6) is 0 Å². The van der Waals surface area contributed by atoms with Gasteiger partial charge in [-0.2, -0.15) is 10.4 Å². The number of nitrogens with zero attached hydrogens (tertiary/aromatic N) is 3. The van der Waals surface area contributed by atoms with Gasteiger partial charge in [0.1, 0.15) is 0 Å². The van der Waals surface area contributed by atoms with Gasteiger partial charge in [-0.3, -0.25) is 4.68 Å². The minimum atomic E-state index is 0.461. The number of aryl methyl sites for hydroxylation is 1. The highest BCUT2D eigenvalue weighted by Crippen LogP contribution is 2.21. The van der Waals surface area contributed by atoms with Crippen LogP contribution >= 0.6 is 0 Å². The van der Waals surface area contributed by atoms with E-state index in [9.17, 15) is 0 Å². The van der Waals surface area contributed by atoms with Crippen LogP contribution in [0.25, 0.3) is 11.3 Å². The average molecular weight is 212 g/mol. The minimum Gasteiger partial charge on any atom is -0.326 e. The van der Waals surface area contributed by atoms with Crippen LogP contribution in [-0.4, -0.2) is 9.78 Å². The van der Waals surface area contributed by atoms with Gasteiger partial charge in [-0.25, -0.2) is 0 Å². The van der Waals surface area contributed by atoms with Crippen LogP contribution in [0.3, 0.4) is 0 Å². The van der Waals surface area contributed by atoms with Crippen molar-refractivity contribution in [2.75, 3.05) is 0 Å². The van der Waals surface area contributed by atoms with E-state index in [4.69, 9.17) is 11.0 Å². The fourth-order valence-corrected chi connectivity index (χ4v) is 1.63. The molecule has 1 heterocycles. The van der Waals surface area contributed by atoms with Crippen molar-refractivity contribution in [3.63, 3.8) is 0 Å². The molecule has 0 fully saturated rings. The number of aromatic nitrogens is 2. The quantitative estimate of drug-likeness (QED) is 0.818. The maximum atomic E-state index is 8.71. The lowest BCUT2D eigenvalue weighted by Crippen LogP contribution is -1.96. The van der Waals surface area contributed by atoms with E-state index in [0.29, 0.717) is 12.1 Å². The van der Waals surface area contributed by atoms with Gasteiger partial charge >= 0.3 is 0 Å². The molecule has 0 saturated heterocycles. The average Bonchev–Trinajstić information content (AvgIpc) is 2.70. The van der Waals surface area contributed by atoms with Crippen LogP contribution in [0.1, 0.15) is 11.1 Å². The summed E-state index contributed by atoms with van der Waals surface area (Å²) in [5, 5.41) is 13.1. The first-order valence-corrected chi connectivity index (χ1v) is 4.97. The van der Waals surface area contributed by atoms with Crippen molar-refractivity contribution in [2.45, 2.75) is 6.54 Å². The first kappa shape index (κ1) is 10.4. The van der Waals surface area contributed by atoms with E-state index in [2.05, 4.69) is 11.2 Å². The van der Waals surface area contributed by atoms with Gasteiger partial charge in [0.05, 0.1) is 17.3 Å². The van der Waals surface area contributed by atoms with Gasteiger partial charge in [0.15, 0.2) is 0 Å². The highest BCUT2D eigenvalue weighted by atomic mass is 15.3. The Kier molecular flexibility index (Phi) is 2.71. The summed E-state index contributed by atoms with van der Waals surface area (Å²) in [6, 6.07) is 9.43. The predicted molar refractivity (Wildman–Crippen MR) is 61.3 cm³/mol. The zero-order valence-electron chi connectivity index (χ0n) is 9.01. The normalized spacial score (nSPS) is 10.1. The molecule has 0 saturated carbocycles. The molecule has 16 heavy (non-hydrogen) atoms. The van der Waals surface area contributed by atoms with Gasteiger partial charge in [0, 0.05) is 30.9 Å². The zero-order valence-corrected chi connectivity index (χ0v) is 9.01. The number of hydrogen-bond acceptors (Lipinski definition) is 3. The summed E-state index contributed by atoms with van der Waals surface area (Å²) in [5.41, 5.74) is 9.18. The van der Waals surface area contributed by atoms with Crippen LogP contribution in [0.2, 0.25) is 0 Å². The van der Waals surface area contributed by atoms with E-state index in [0.717, 1.165) is 16.8 Å². The van der Waals surface area contributed by atoms with Crippen LogP contribution in [0, 0.1) is 11.3 Å². The zero-order chi connectivity index (χ0) is 11.5. The summed E-state index contributed by atoms with van der Waals surface area (Å²) in [6.07, 6.45) is 1.91. The van der Waals surface area contributed by atoms with Crippen LogP contribution < -0.4 is 5.73 Å². The Balaban J connectivity index is 2.46. The fourth-order valence-electron chi connectivity index (χ4n) is 1.63. The topological polar surface area (TPSA) is 67.6 Å². The predicted octanol–water partition coefficient (Wildman–Crippen LogP) is 1.42. The molecule has 2 rings (SSSR count). The molecule has 2 N–H and O–H groups in total. The lowest BCUT2D eigenvalue weighted by atomic mass is 10.1. The molecule has 0 aliphatic rings. The Hall–Kier alpha value is -2.12. The van der Waals surface area contributed by atoms with Crippen molar-refractivity contribution in [3.05, 3.63) is 41.6 Å². The number of nitriles is 1. The van der Waals surface area contributed by atoms with Crippen LogP contribution in [0.15, 0.2) is 30.5 Å². The van der Waals surface area contributed by atoms with Gasteiger partial charge in [0.25, 0.3) is 0 Å². The van der Waals surface area contributed by atoms with Crippen LogP contribution in [0.4, 0.5) is 0 Å². The Morgan fingerprint density at radius 1 is 1.38 bits per heavy atom. The Bertz CT molecular complexity index is 531. The molecule has 0 aliphatic carbocycles. The van der Waals surface area contributed by atoms with Gasteiger partial charge in [0.2, 0.25) is 0 Å². The van der Waals surface area contributed by atoms with E-state index >= 15 is 0 Å². The Labute approximate surface area is 93.9 Å². The SMILES string of the molecule is Cn1cc(CN)c(-c2ccc(C#N)cc2)n1. The van der Waals surface area contributed by atoms with Crippen molar-refractivity contribution in [1.82, 2.24) is 9.78 Å². The molecular weight excluding hydrogens is 200 g/mol. The molecule has 0 spiro atoms. The highest BCUT2D eigenvalue weighted by Gasteiger charge is 2.08. The number of rotatable bonds is 2. The Morgan fingerprint density at radius 3 is 2.62 bits per heavy atom. The monoisotopic (exact) mass is 212 g/mol. The second-order valence-electron chi connectivity index (χ2n) is 3.57. The molecule has 1 aromatic heterocycles. The fraction of sp³-hybridized carbons (Fsp3) is 0.167. The third-order valence-corrected chi connectivity index (χ3v) is 2.41. The van der Waals surface area contributed by atoms with E-state index < -0.39 is 0 Å². The number of nitrogens with two attached hydrogens (primary N) is 1. The molecule has 1 aromatic carbocycles. The molecule has 0 aliphatic heterocycles. The lowest BCUT2D eigenvalue weighted by molar-refractivity contribution is 0.769. The number of hydrogen-bond donors (Lipinski definition) is 1. The van der Waals surface area contributed by atoms with E-state index in [1.165, 1.54) is 0 Å². The third kappa shape index (κ3) is 1.81. The Morgan fingerprint density at radius 2 is 2.06 bits per heavy atom. The van der Waals surface area contributed by atoms with Crippen molar-refractivity contribution in [2.24, 2.45) is 12.8 Å². The second kappa shape index (κ2) is 4.17. The molecule has 4 nitrogen and oxygen atoms in total. The molecule has 0 bridgehead atoms. The van der Waals surface area contributed by atoms with E-state index in [1.807, 2.05) is 25.4 Å². The molecule has 2 aromatic rings. The summed E-state index contributed by atoms with van der Waals surface area (Å²) in [7, 11) is 1.87. The maximum absolute atomic E-state index is 8.71. The minimum absolute atomic E-state index is 0.461. The number of benzene rings is 1. The van der Waals surface area contributed by atoms with E-state index in [1.54, 1.807) is 16.8 Å². The summed E-state index contributed by atoms with van der Waals surface area (Å²) in [5.74, 6) is 0. The second-order valence-corrected chi connectivity index (χ2v) is 3.57. The summed E-state index contributed by atoms with van der Waals surface area (Å²) in [6.45, 7) is 0.461. The summed E-state index contributed by atoms with van der Waals surface area (Å²) < 4.78 is 1.75. The van der Waals surface area contributed by atoms with Crippen molar-refractivity contribution >= 4 is 0 Å². The molecule has 0 unspecified atom stereocenters. The highest BCUT2D eigenvalue weighted by molar-refractivity contribution is 5.63. The molecule has 0 atom stereocenters. The first-order chi connectivity index (χ1) is 7.74. The first-order valence-electron chi connectivity index (χ1n) is 4.97. The van der Waals surface area contributed by atoms with Crippen LogP contribution in [-0.2, 0) is 13.6 Å². The maximum Gasteiger partial charge on any atom is 0.0991 e. The smallest absolute Gasteiger partial charge is 0.0991 e. The molecule has 0 amide bonds. The molecule has 4 heteroatoms. The lowest BCUT2D eigenvalue weighted by Gasteiger charge is -1.99. The largest absolute Gasteiger partial charge is 0.326 e. The molecule has 80 valence electrons. The van der Waals surface area contributed by atoms with E-state index in [-0.39, 0.29) is 0 Å². The van der Waals surface area contributed by atoms with Gasteiger partial charge in [-0.05, 0) is 12.1 Å². The van der Waals surface area contributed by atoms with Crippen molar-refractivity contribution in [3.8, 4) is 17.3 Å². The molecular formula is C12H12N4. The van der Waals surface area contributed by atoms with Gasteiger partial charge in [-0.15, -0.1) is 0 Å². The van der Waals surface area contributed by atoms with Crippen molar-refractivity contribution < 1.29 is 0 Å². The van der Waals surface area contributed by atoms with Gasteiger partial charge < -0.3 is 5.73 Å². The summed E-state index contributed by atoms with van der Waals surface area (Å²) in [4.78, 5) is 0. The van der Waals surface area contributed by atoms with Gasteiger partial charge in [-0.1, -0.05) is 12.1 Å². The summed E-state index contributed by atoms with van der Waals surface area (Å²) >= 11 is 0. The van der Waals surface area contributed by atoms with Crippen molar-refractivity contribution in [1.29, 1.82) is 5.26 Å². The third-order valence-electron chi connectivity index (χ3n) is 2.41.